The van der Waals surface area contributed by atoms with Crippen molar-refractivity contribution in [1.29, 1.82) is 0 Å². The first kappa shape index (κ1) is 12.1. The molecular formula is C13H12ClFO2. The topological polar surface area (TPSA) is 33.4 Å². The molecule has 4 heteroatoms. The zero-order chi connectivity index (χ0) is 12.4. The van der Waals surface area contributed by atoms with Crippen LogP contribution < -0.4 is 0 Å². The van der Waals surface area contributed by atoms with Gasteiger partial charge in [-0.15, -0.1) is 0 Å². The molecule has 1 N–H and O–H groups in total. The Morgan fingerprint density at radius 1 is 1.47 bits per heavy atom. The normalized spacial score (nSPS) is 12.7. The fourth-order valence-electron chi connectivity index (χ4n) is 1.67. The average Bonchev–Trinajstić information content (AvgIpc) is 2.72. The Hall–Kier alpha value is -1.32. The minimum Gasteiger partial charge on any atom is -0.469 e. The molecule has 0 spiro atoms. The fraction of sp³-hybridized carbons (Fsp3) is 0.231. The van der Waals surface area contributed by atoms with Crippen LogP contribution >= 0.6 is 11.6 Å². The van der Waals surface area contributed by atoms with Crippen LogP contribution in [-0.2, 0) is 6.42 Å². The van der Waals surface area contributed by atoms with Gasteiger partial charge in [0.15, 0.2) is 0 Å². The van der Waals surface area contributed by atoms with Crippen LogP contribution in [0.3, 0.4) is 0 Å². The van der Waals surface area contributed by atoms with Crippen molar-refractivity contribution in [3.05, 3.63) is 58.3 Å². The summed E-state index contributed by atoms with van der Waals surface area (Å²) in [5.74, 6) is 0.254. The molecule has 0 radical (unpaired) electrons. The van der Waals surface area contributed by atoms with Gasteiger partial charge in [0.05, 0.1) is 17.4 Å². The number of aliphatic hydroxyl groups excluding tert-OH is 1. The second-order valence-electron chi connectivity index (χ2n) is 3.92. The summed E-state index contributed by atoms with van der Waals surface area (Å²) in [5.41, 5.74) is 1.25. The van der Waals surface area contributed by atoms with E-state index in [0.717, 1.165) is 5.76 Å². The monoisotopic (exact) mass is 254 g/mol. The van der Waals surface area contributed by atoms with Gasteiger partial charge in [-0.1, -0.05) is 23.7 Å². The Morgan fingerprint density at radius 2 is 2.24 bits per heavy atom. The second-order valence-corrected chi connectivity index (χ2v) is 4.30. The van der Waals surface area contributed by atoms with Gasteiger partial charge < -0.3 is 9.52 Å². The summed E-state index contributed by atoms with van der Waals surface area (Å²) in [4.78, 5) is 0. The molecule has 90 valence electrons. The van der Waals surface area contributed by atoms with Crippen LogP contribution in [0.15, 0.2) is 34.9 Å². The molecule has 1 aromatic heterocycles. The van der Waals surface area contributed by atoms with Crippen molar-refractivity contribution in [1.82, 2.24) is 0 Å². The van der Waals surface area contributed by atoms with Gasteiger partial charge in [-0.05, 0) is 24.6 Å². The van der Waals surface area contributed by atoms with Gasteiger partial charge in [-0.3, -0.25) is 0 Å². The van der Waals surface area contributed by atoms with Crippen molar-refractivity contribution in [2.75, 3.05) is 0 Å². The number of rotatable bonds is 3. The SMILES string of the molecule is Cc1cc(C(O)Cc2cccc(F)c2Cl)co1. The van der Waals surface area contributed by atoms with Crippen molar-refractivity contribution in [3.8, 4) is 0 Å². The Balaban J connectivity index is 2.18. The number of benzene rings is 1. The van der Waals surface area contributed by atoms with E-state index in [9.17, 15) is 9.50 Å². The lowest BCUT2D eigenvalue weighted by Gasteiger charge is -2.10. The van der Waals surface area contributed by atoms with E-state index in [1.54, 1.807) is 25.1 Å². The first-order valence-electron chi connectivity index (χ1n) is 5.24. The minimum absolute atomic E-state index is 0.0618. The number of furan rings is 1. The van der Waals surface area contributed by atoms with Gasteiger partial charge in [0.2, 0.25) is 0 Å². The molecule has 17 heavy (non-hydrogen) atoms. The fourth-order valence-corrected chi connectivity index (χ4v) is 1.87. The highest BCUT2D eigenvalue weighted by Gasteiger charge is 2.14. The van der Waals surface area contributed by atoms with E-state index in [1.807, 2.05) is 0 Å². The molecule has 2 aromatic rings. The Labute approximate surface area is 104 Å². The van der Waals surface area contributed by atoms with Crippen LogP contribution in [-0.4, -0.2) is 5.11 Å². The Kier molecular flexibility index (Phi) is 3.50. The zero-order valence-corrected chi connectivity index (χ0v) is 10.0. The summed E-state index contributed by atoms with van der Waals surface area (Å²) in [5, 5.41) is 10.0. The Morgan fingerprint density at radius 3 is 2.88 bits per heavy atom. The molecule has 0 fully saturated rings. The minimum atomic E-state index is -0.744. The third kappa shape index (κ3) is 2.68. The van der Waals surface area contributed by atoms with E-state index in [4.69, 9.17) is 16.0 Å². The zero-order valence-electron chi connectivity index (χ0n) is 9.28. The smallest absolute Gasteiger partial charge is 0.142 e. The van der Waals surface area contributed by atoms with Crippen molar-refractivity contribution < 1.29 is 13.9 Å². The third-order valence-corrected chi connectivity index (χ3v) is 3.00. The van der Waals surface area contributed by atoms with E-state index in [0.29, 0.717) is 11.1 Å². The maximum atomic E-state index is 13.2. The quantitative estimate of drug-likeness (QED) is 0.907. The molecule has 0 aliphatic rings. The van der Waals surface area contributed by atoms with E-state index in [2.05, 4.69) is 0 Å². The van der Waals surface area contributed by atoms with Gasteiger partial charge >= 0.3 is 0 Å². The number of aryl methyl sites for hydroxylation is 1. The van der Waals surface area contributed by atoms with Gasteiger partial charge in [0, 0.05) is 12.0 Å². The lowest BCUT2D eigenvalue weighted by molar-refractivity contribution is 0.177. The second kappa shape index (κ2) is 4.90. The van der Waals surface area contributed by atoms with Crippen LogP contribution in [0, 0.1) is 12.7 Å². The molecule has 1 heterocycles. The molecule has 1 unspecified atom stereocenters. The van der Waals surface area contributed by atoms with E-state index >= 15 is 0 Å². The molecule has 0 amide bonds. The summed E-state index contributed by atoms with van der Waals surface area (Å²) >= 11 is 5.82. The number of aliphatic hydroxyl groups is 1. The molecule has 0 aliphatic heterocycles. The highest BCUT2D eigenvalue weighted by molar-refractivity contribution is 6.31. The van der Waals surface area contributed by atoms with Crippen LogP contribution in [0.4, 0.5) is 4.39 Å². The maximum Gasteiger partial charge on any atom is 0.142 e. The van der Waals surface area contributed by atoms with Gasteiger partial charge in [0.1, 0.15) is 11.6 Å². The number of hydrogen-bond donors (Lipinski definition) is 1. The van der Waals surface area contributed by atoms with E-state index < -0.39 is 11.9 Å². The molecule has 2 nitrogen and oxygen atoms in total. The molecule has 1 atom stereocenters. The van der Waals surface area contributed by atoms with E-state index in [1.165, 1.54) is 12.3 Å². The highest BCUT2D eigenvalue weighted by Crippen LogP contribution is 2.26. The molecule has 0 bridgehead atoms. The van der Waals surface area contributed by atoms with Crippen molar-refractivity contribution in [3.63, 3.8) is 0 Å². The predicted octanol–water partition coefficient (Wildman–Crippen LogP) is 3.66. The van der Waals surface area contributed by atoms with E-state index in [-0.39, 0.29) is 11.4 Å². The summed E-state index contributed by atoms with van der Waals surface area (Å²) in [6.07, 6.45) is 1.01. The van der Waals surface area contributed by atoms with Crippen molar-refractivity contribution in [2.24, 2.45) is 0 Å². The van der Waals surface area contributed by atoms with Crippen LogP contribution in [0.2, 0.25) is 5.02 Å². The highest BCUT2D eigenvalue weighted by atomic mass is 35.5. The largest absolute Gasteiger partial charge is 0.469 e. The molecule has 2 rings (SSSR count). The summed E-state index contributed by atoms with van der Waals surface area (Å²) in [6, 6.07) is 6.31. The third-order valence-electron chi connectivity index (χ3n) is 2.58. The van der Waals surface area contributed by atoms with Crippen LogP contribution in [0.25, 0.3) is 0 Å². The lowest BCUT2D eigenvalue weighted by atomic mass is 10.0. The van der Waals surface area contributed by atoms with Gasteiger partial charge in [-0.25, -0.2) is 4.39 Å². The van der Waals surface area contributed by atoms with Crippen molar-refractivity contribution >= 4 is 11.6 Å². The first-order chi connectivity index (χ1) is 8.08. The van der Waals surface area contributed by atoms with Crippen LogP contribution in [0.1, 0.15) is 23.0 Å². The molecule has 0 saturated carbocycles. The van der Waals surface area contributed by atoms with Gasteiger partial charge in [-0.2, -0.15) is 0 Å². The number of halogens is 2. The van der Waals surface area contributed by atoms with Crippen LogP contribution in [0.5, 0.6) is 0 Å². The van der Waals surface area contributed by atoms with Gasteiger partial charge in [0.25, 0.3) is 0 Å². The average molecular weight is 255 g/mol. The summed E-state index contributed by atoms with van der Waals surface area (Å²) in [6.45, 7) is 1.80. The summed E-state index contributed by atoms with van der Waals surface area (Å²) < 4.78 is 18.3. The summed E-state index contributed by atoms with van der Waals surface area (Å²) in [7, 11) is 0. The molecular weight excluding hydrogens is 243 g/mol. The standard InChI is InChI=1S/C13H12ClFO2/c1-8-5-10(7-17-8)12(16)6-9-3-2-4-11(15)13(9)14/h2-5,7,12,16H,6H2,1H3. The predicted molar refractivity (Wildman–Crippen MR) is 63.5 cm³/mol. The molecule has 0 aliphatic carbocycles. The first-order valence-corrected chi connectivity index (χ1v) is 5.61. The maximum absolute atomic E-state index is 13.2. The molecule has 0 saturated heterocycles. The molecule has 1 aromatic carbocycles. The lowest BCUT2D eigenvalue weighted by Crippen LogP contribution is -2.01. The Bertz CT molecular complexity index is 522. The van der Waals surface area contributed by atoms with Crippen molar-refractivity contribution in [2.45, 2.75) is 19.4 Å². The number of hydrogen-bond acceptors (Lipinski definition) is 2.